The van der Waals surface area contributed by atoms with Gasteiger partial charge >= 0.3 is 0 Å². The molecule has 0 aromatic heterocycles. The highest BCUT2D eigenvalue weighted by Gasteiger charge is 2.48. The van der Waals surface area contributed by atoms with Crippen LogP contribution in [-0.2, 0) is 26.3 Å². The van der Waals surface area contributed by atoms with E-state index in [4.69, 9.17) is 21.1 Å². The Balaban J connectivity index is 1.46. The maximum atomic E-state index is 13.8. The molecule has 2 aromatic carbocycles. The van der Waals surface area contributed by atoms with Crippen molar-refractivity contribution in [3.63, 3.8) is 0 Å². The number of amides is 1. The molecule has 1 spiro atoms. The molecule has 7 nitrogen and oxygen atoms in total. The average molecular weight is 669 g/mol. The number of aliphatic hydroxyl groups is 1. The van der Waals surface area contributed by atoms with E-state index in [2.05, 4.69) is 39.8 Å². The van der Waals surface area contributed by atoms with Crippen LogP contribution in [0, 0.1) is 17.8 Å². The highest BCUT2D eigenvalue weighted by Crippen LogP contribution is 2.50. The van der Waals surface area contributed by atoms with Crippen molar-refractivity contribution in [2.75, 3.05) is 38.3 Å². The first-order valence-corrected chi connectivity index (χ1v) is 19.0. The molecule has 2 aliphatic heterocycles. The summed E-state index contributed by atoms with van der Waals surface area (Å²) in [4.78, 5) is 16.1. The maximum absolute atomic E-state index is 13.8. The van der Waals surface area contributed by atoms with Gasteiger partial charge in [0.2, 0.25) is 0 Å². The zero-order valence-electron chi connectivity index (χ0n) is 27.4. The smallest absolute Gasteiger partial charge is 0.262 e. The topological polar surface area (TPSA) is 88.1 Å². The van der Waals surface area contributed by atoms with Crippen molar-refractivity contribution in [1.82, 2.24) is 4.72 Å². The Kier molecular flexibility index (Phi) is 9.56. The van der Waals surface area contributed by atoms with E-state index in [1.54, 1.807) is 13.2 Å². The lowest BCUT2D eigenvalue weighted by Crippen LogP contribution is -2.53. The number of methoxy groups -OCH3 is 1. The van der Waals surface area contributed by atoms with Crippen LogP contribution >= 0.6 is 11.6 Å². The zero-order chi connectivity index (χ0) is 32.7. The number of halogens is 1. The molecule has 1 amide bonds. The van der Waals surface area contributed by atoms with Crippen molar-refractivity contribution in [3.05, 3.63) is 70.3 Å². The van der Waals surface area contributed by atoms with E-state index in [1.807, 2.05) is 32.0 Å². The molecule has 0 saturated heterocycles. The number of carbonyl (C=O) groups is 1. The number of fused-ring (bicyclic) bond motifs is 4. The highest BCUT2D eigenvalue weighted by molar-refractivity contribution is 7.99. The minimum atomic E-state index is -2.95. The predicted molar refractivity (Wildman–Crippen MR) is 188 cm³/mol. The fourth-order valence-electron chi connectivity index (χ4n) is 8.40. The Morgan fingerprint density at radius 1 is 1.22 bits per heavy atom. The molecule has 1 fully saturated rings. The molecule has 46 heavy (non-hydrogen) atoms. The fourth-order valence-corrected chi connectivity index (χ4v) is 10.1. The SMILES string of the molecule is C=S1(=O)NC(=O)c2ccc3c(c2)N(C[C@@H]2CC[C@H]2[C@](CCCO)(OC)/C=C/C[C@H](C)[C@H]1C)C[C@@]1(CCCc2cc(Cl)ccc21)CO3. The van der Waals surface area contributed by atoms with Crippen LogP contribution in [-0.4, -0.2) is 65.4 Å². The van der Waals surface area contributed by atoms with Gasteiger partial charge in [0.25, 0.3) is 5.91 Å². The number of hydrogen-bond donors (Lipinski definition) is 2. The van der Waals surface area contributed by atoms with Crippen molar-refractivity contribution in [1.29, 1.82) is 0 Å². The minimum Gasteiger partial charge on any atom is -0.490 e. The van der Waals surface area contributed by atoms with E-state index < -0.39 is 15.3 Å². The lowest BCUT2D eigenvalue weighted by Gasteiger charge is -2.50. The predicted octanol–water partition coefficient (Wildman–Crippen LogP) is 6.34. The van der Waals surface area contributed by atoms with Crippen LogP contribution in [0.25, 0.3) is 0 Å². The van der Waals surface area contributed by atoms with Crippen LogP contribution in [0.1, 0.15) is 80.3 Å². The van der Waals surface area contributed by atoms with E-state index in [-0.39, 0.29) is 35.0 Å². The lowest BCUT2D eigenvalue weighted by atomic mass is 9.62. The van der Waals surface area contributed by atoms with Crippen LogP contribution in [0.2, 0.25) is 5.02 Å². The van der Waals surface area contributed by atoms with E-state index in [9.17, 15) is 14.1 Å². The number of benzene rings is 2. The number of allylic oxidation sites excluding steroid dienone is 1. The van der Waals surface area contributed by atoms with Crippen LogP contribution in [0.15, 0.2) is 48.6 Å². The number of anilines is 1. The third kappa shape index (κ3) is 6.23. The van der Waals surface area contributed by atoms with Gasteiger partial charge in [0, 0.05) is 48.1 Å². The van der Waals surface area contributed by atoms with Gasteiger partial charge in [0.1, 0.15) is 5.75 Å². The molecule has 2 heterocycles. The first-order chi connectivity index (χ1) is 22.0. The maximum Gasteiger partial charge on any atom is 0.262 e. The molecule has 1 saturated carbocycles. The number of rotatable bonds is 4. The quantitative estimate of drug-likeness (QED) is 0.292. The number of nitrogens with one attached hydrogen (secondary N) is 1. The number of aliphatic hydroxyl groups excluding tert-OH is 1. The molecule has 9 heteroatoms. The standard InChI is InChI=1S/C37H49ClN2O5S/c1-25-8-5-17-37(44-3,18-7-19-41)32-13-10-29(32)22-40-23-36(16-6-9-27-20-30(38)12-14-31(27)36)24-45-34-15-11-28(21-33(34)40)35(42)39-46(4,43)26(25)2/h5,11-12,14-15,17,20-21,25-26,29,32,41H,4,6-10,13,16,18-19,22-24H2,1-3H3,(H,39,42,43)/b17-5+/t25-,26+,29-,32+,36-,37-,46?/m0/s1. The molecule has 4 aliphatic rings. The summed E-state index contributed by atoms with van der Waals surface area (Å²) in [5.41, 5.74) is 3.16. The summed E-state index contributed by atoms with van der Waals surface area (Å²) >= 11 is 6.45. The Morgan fingerprint density at radius 2 is 2.04 bits per heavy atom. The number of carbonyl (C=O) groups excluding carboxylic acids is 1. The molecular formula is C37H49ClN2O5S. The van der Waals surface area contributed by atoms with Gasteiger partial charge in [0.05, 0.1) is 27.6 Å². The normalized spacial score (nSPS) is 35.2. The number of aryl methyl sites for hydroxylation is 1. The van der Waals surface area contributed by atoms with Gasteiger partial charge in [-0.05, 0) is 123 Å². The Labute approximate surface area is 279 Å². The second-order valence-electron chi connectivity index (χ2n) is 14.2. The summed E-state index contributed by atoms with van der Waals surface area (Å²) in [5.74, 6) is 5.00. The molecule has 7 atom stereocenters. The first kappa shape index (κ1) is 33.4. The van der Waals surface area contributed by atoms with Crippen LogP contribution in [0.3, 0.4) is 0 Å². The molecule has 0 radical (unpaired) electrons. The first-order valence-electron chi connectivity index (χ1n) is 16.8. The monoisotopic (exact) mass is 668 g/mol. The van der Waals surface area contributed by atoms with Crippen molar-refractivity contribution >= 4 is 38.8 Å². The largest absolute Gasteiger partial charge is 0.490 e. The molecule has 250 valence electrons. The van der Waals surface area contributed by atoms with Crippen molar-refractivity contribution in [2.24, 2.45) is 17.8 Å². The van der Waals surface area contributed by atoms with Gasteiger partial charge in [0.15, 0.2) is 0 Å². The van der Waals surface area contributed by atoms with Gasteiger partial charge in [-0.25, -0.2) is 4.21 Å². The molecule has 1 unspecified atom stereocenters. The fraction of sp³-hybridized carbons (Fsp3) is 0.568. The highest BCUT2D eigenvalue weighted by atomic mass is 35.5. The van der Waals surface area contributed by atoms with Gasteiger partial charge in [-0.15, -0.1) is 0 Å². The molecule has 2 N–H and O–H groups in total. The lowest BCUT2D eigenvalue weighted by molar-refractivity contribution is -0.0824. The molecular weight excluding hydrogens is 620 g/mol. The van der Waals surface area contributed by atoms with Gasteiger partial charge < -0.3 is 19.5 Å². The summed E-state index contributed by atoms with van der Waals surface area (Å²) < 4.78 is 29.7. The van der Waals surface area contributed by atoms with Gasteiger partial charge in [-0.3, -0.25) is 9.52 Å². The third-order valence-electron chi connectivity index (χ3n) is 11.5. The second kappa shape index (κ2) is 13.2. The van der Waals surface area contributed by atoms with Crippen LogP contribution < -0.4 is 14.4 Å². The van der Waals surface area contributed by atoms with Crippen LogP contribution in [0.4, 0.5) is 5.69 Å². The summed E-state index contributed by atoms with van der Waals surface area (Å²) in [6.45, 7) is 6.13. The Bertz CT molecular complexity index is 1590. The van der Waals surface area contributed by atoms with E-state index in [1.165, 1.54) is 11.1 Å². The van der Waals surface area contributed by atoms with Crippen molar-refractivity contribution in [2.45, 2.75) is 81.5 Å². The van der Waals surface area contributed by atoms with Crippen molar-refractivity contribution in [3.8, 4) is 5.75 Å². The summed E-state index contributed by atoms with van der Waals surface area (Å²) in [5, 5.41) is 10.3. The minimum absolute atomic E-state index is 0.0134. The van der Waals surface area contributed by atoms with E-state index in [0.717, 1.165) is 68.1 Å². The third-order valence-corrected chi connectivity index (χ3v) is 13.9. The summed E-state index contributed by atoms with van der Waals surface area (Å²) in [6, 6.07) is 11.8. The van der Waals surface area contributed by atoms with E-state index >= 15 is 0 Å². The van der Waals surface area contributed by atoms with E-state index in [0.29, 0.717) is 30.9 Å². The zero-order valence-corrected chi connectivity index (χ0v) is 29.0. The second-order valence-corrected chi connectivity index (χ2v) is 17.0. The summed E-state index contributed by atoms with van der Waals surface area (Å²) in [6.07, 6.45) is 11.6. The molecule has 6 rings (SSSR count). The number of nitrogens with zero attached hydrogens (tertiary/aromatic N) is 1. The van der Waals surface area contributed by atoms with Gasteiger partial charge in [-0.2, -0.15) is 0 Å². The average Bonchev–Trinajstić information content (AvgIpc) is 3.17. The summed E-state index contributed by atoms with van der Waals surface area (Å²) in [7, 11) is -1.16. The molecule has 2 aromatic rings. The molecule has 2 bridgehead atoms. The van der Waals surface area contributed by atoms with Crippen LogP contribution in [0.5, 0.6) is 5.75 Å². The Hall–Kier alpha value is -2.52. The Morgan fingerprint density at radius 3 is 2.78 bits per heavy atom. The van der Waals surface area contributed by atoms with Gasteiger partial charge in [-0.1, -0.05) is 36.7 Å². The van der Waals surface area contributed by atoms with Crippen molar-refractivity contribution < 1.29 is 23.6 Å². The number of ether oxygens (including phenoxy) is 2. The molecule has 2 aliphatic carbocycles. The number of hydrogen-bond acceptors (Lipinski definition) is 6.